The van der Waals surface area contributed by atoms with Crippen LogP contribution in [0.2, 0.25) is 0 Å². The number of anilines is 1. The molecule has 21 heavy (non-hydrogen) atoms. The maximum atomic E-state index is 13.6. The standard InChI is InChI=1S/C14H17F4N3/c15-11-7-10(8-20-12(11)14(16,17)18)21-6-3-13(9-21)1-4-19-5-2-13/h7-8,19H,1-6,9H2. The molecule has 7 heteroatoms. The largest absolute Gasteiger partial charge is 0.436 e. The Balaban J connectivity index is 1.78. The predicted octanol–water partition coefficient (Wildman–Crippen LogP) is 2.82. The zero-order valence-electron chi connectivity index (χ0n) is 11.5. The van der Waals surface area contributed by atoms with Gasteiger partial charge in [-0.2, -0.15) is 13.2 Å². The van der Waals surface area contributed by atoms with Gasteiger partial charge in [0.05, 0.1) is 11.9 Å². The highest BCUT2D eigenvalue weighted by molar-refractivity contribution is 5.47. The van der Waals surface area contributed by atoms with E-state index in [0.717, 1.165) is 57.7 Å². The first-order valence-electron chi connectivity index (χ1n) is 7.08. The Morgan fingerprint density at radius 3 is 2.52 bits per heavy atom. The molecule has 3 heterocycles. The van der Waals surface area contributed by atoms with Crippen molar-refractivity contribution in [2.24, 2.45) is 5.41 Å². The van der Waals surface area contributed by atoms with Crippen molar-refractivity contribution in [2.75, 3.05) is 31.1 Å². The molecule has 2 saturated heterocycles. The van der Waals surface area contributed by atoms with E-state index in [1.807, 2.05) is 4.90 Å². The van der Waals surface area contributed by atoms with E-state index in [2.05, 4.69) is 10.3 Å². The first kappa shape index (κ1) is 14.6. The lowest BCUT2D eigenvalue weighted by atomic mass is 9.78. The summed E-state index contributed by atoms with van der Waals surface area (Å²) in [6.45, 7) is 3.44. The SMILES string of the molecule is Fc1cc(N2CCC3(CCNCC3)C2)cnc1C(F)(F)F. The van der Waals surface area contributed by atoms with Crippen molar-refractivity contribution in [2.45, 2.75) is 25.4 Å². The number of rotatable bonds is 1. The van der Waals surface area contributed by atoms with E-state index in [1.165, 1.54) is 0 Å². The Morgan fingerprint density at radius 1 is 1.19 bits per heavy atom. The Kier molecular flexibility index (Phi) is 3.55. The fourth-order valence-electron chi connectivity index (χ4n) is 3.33. The van der Waals surface area contributed by atoms with E-state index in [-0.39, 0.29) is 5.41 Å². The second kappa shape index (κ2) is 5.12. The summed E-state index contributed by atoms with van der Waals surface area (Å²) in [5, 5.41) is 3.31. The smallest absolute Gasteiger partial charge is 0.370 e. The summed E-state index contributed by atoms with van der Waals surface area (Å²) in [4.78, 5) is 5.22. The molecule has 0 bridgehead atoms. The van der Waals surface area contributed by atoms with Crippen LogP contribution in [0.3, 0.4) is 0 Å². The van der Waals surface area contributed by atoms with Gasteiger partial charge in [-0.1, -0.05) is 0 Å². The number of piperidine rings is 1. The van der Waals surface area contributed by atoms with Crippen LogP contribution >= 0.6 is 0 Å². The molecule has 0 aliphatic carbocycles. The first-order valence-corrected chi connectivity index (χ1v) is 7.08. The van der Waals surface area contributed by atoms with Crippen LogP contribution in [0.4, 0.5) is 23.2 Å². The molecule has 0 unspecified atom stereocenters. The van der Waals surface area contributed by atoms with Crippen LogP contribution in [0, 0.1) is 11.2 Å². The van der Waals surface area contributed by atoms with Crippen molar-refractivity contribution in [3.63, 3.8) is 0 Å². The number of alkyl halides is 3. The molecule has 0 amide bonds. The Labute approximate surface area is 120 Å². The second-order valence-electron chi connectivity index (χ2n) is 5.94. The summed E-state index contributed by atoms with van der Waals surface area (Å²) in [6, 6.07) is 0.954. The highest BCUT2D eigenvalue weighted by Crippen LogP contribution is 2.40. The molecule has 1 N–H and O–H groups in total. The van der Waals surface area contributed by atoms with Gasteiger partial charge in [-0.05, 0) is 37.8 Å². The van der Waals surface area contributed by atoms with Gasteiger partial charge in [0, 0.05) is 19.2 Å². The van der Waals surface area contributed by atoms with Gasteiger partial charge in [-0.15, -0.1) is 0 Å². The van der Waals surface area contributed by atoms with E-state index < -0.39 is 17.7 Å². The highest BCUT2D eigenvalue weighted by Gasteiger charge is 2.40. The number of nitrogens with one attached hydrogen (secondary N) is 1. The zero-order valence-corrected chi connectivity index (χ0v) is 11.5. The molecule has 1 spiro atoms. The highest BCUT2D eigenvalue weighted by atomic mass is 19.4. The van der Waals surface area contributed by atoms with Crippen LogP contribution in [0.1, 0.15) is 25.0 Å². The fraction of sp³-hybridized carbons (Fsp3) is 0.643. The van der Waals surface area contributed by atoms with Crippen molar-refractivity contribution in [3.05, 3.63) is 23.8 Å². The third-order valence-electron chi connectivity index (χ3n) is 4.56. The van der Waals surface area contributed by atoms with E-state index in [1.54, 1.807) is 0 Å². The minimum absolute atomic E-state index is 0.213. The van der Waals surface area contributed by atoms with Crippen LogP contribution in [-0.4, -0.2) is 31.2 Å². The summed E-state index contributed by atoms with van der Waals surface area (Å²) in [7, 11) is 0. The first-order chi connectivity index (χ1) is 9.90. The van der Waals surface area contributed by atoms with Crippen molar-refractivity contribution in [1.29, 1.82) is 0 Å². The van der Waals surface area contributed by atoms with Crippen LogP contribution in [0.15, 0.2) is 12.3 Å². The number of pyridine rings is 1. The van der Waals surface area contributed by atoms with Gasteiger partial charge < -0.3 is 10.2 Å². The number of nitrogens with zero attached hydrogens (tertiary/aromatic N) is 2. The van der Waals surface area contributed by atoms with Gasteiger partial charge >= 0.3 is 6.18 Å². The Hall–Kier alpha value is -1.37. The number of hydrogen-bond acceptors (Lipinski definition) is 3. The lowest BCUT2D eigenvalue weighted by molar-refractivity contribution is -0.143. The van der Waals surface area contributed by atoms with Gasteiger partial charge in [0.25, 0.3) is 0 Å². The number of hydrogen-bond donors (Lipinski definition) is 1. The summed E-state index contributed by atoms with van der Waals surface area (Å²) < 4.78 is 51.2. The van der Waals surface area contributed by atoms with Crippen LogP contribution in [0.5, 0.6) is 0 Å². The van der Waals surface area contributed by atoms with Gasteiger partial charge in [-0.25, -0.2) is 9.37 Å². The molecule has 1 aromatic rings. The van der Waals surface area contributed by atoms with Gasteiger partial charge in [-0.3, -0.25) is 0 Å². The van der Waals surface area contributed by atoms with E-state index in [4.69, 9.17) is 0 Å². The lowest BCUT2D eigenvalue weighted by Gasteiger charge is -2.34. The number of aromatic nitrogens is 1. The summed E-state index contributed by atoms with van der Waals surface area (Å²) in [6.07, 6.45) is -0.507. The summed E-state index contributed by atoms with van der Waals surface area (Å²) in [5.74, 6) is -1.30. The molecule has 2 fully saturated rings. The fourth-order valence-corrected chi connectivity index (χ4v) is 3.33. The monoisotopic (exact) mass is 303 g/mol. The second-order valence-corrected chi connectivity index (χ2v) is 5.94. The summed E-state index contributed by atoms with van der Waals surface area (Å²) in [5.41, 5.74) is -0.789. The Morgan fingerprint density at radius 2 is 1.90 bits per heavy atom. The third-order valence-corrected chi connectivity index (χ3v) is 4.56. The van der Waals surface area contributed by atoms with Crippen LogP contribution in [-0.2, 0) is 6.18 Å². The predicted molar refractivity (Wildman–Crippen MR) is 70.6 cm³/mol. The van der Waals surface area contributed by atoms with Gasteiger partial charge in [0.2, 0.25) is 0 Å². The molecule has 0 radical (unpaired) electrons. The molecular weight excluding hydrogens is 286 g/mol. The molecule has 3 nitrogen and oxygen atoms in total. The molecule has 0 atom stereocenters. The quantitative estimate of drug-likeness (QED) is 0.809. The van der Waals surface area contributed by atoms with Gasteiger partial charge in [0.1, 0.15) is 0 Å². The minimum atomic E-state index is -4.75. The maximum Gasteiger partial charge on any atom is 0.436 e. The molecule has 116 valence electrons. The minimum Gasteiger partial charge on any atom is -0.370 e. The van der Waals surface area contributed by atoms with Crippen molar-refractivity contribution < 1.29 is 17.6 Å². The molecule has 2 aliphatic rings. The maximum absolute atomic E-state index is 13.6. The summed E-state index contributed by atoms with van der Waals surface area (Å²) >= 11 is 0. The average Bonchev–Trinajstić information content (AvgIpc) is 2.82. The van der Waals surface area contributed by atoms with Crippen molar-refractivity contribution in [3.8, 4) is 0 Å². The van der Waals surface area contributed by atoms with E-state index >= 15 is 0 Å². The molecular formula is C14H17F4N3. The van der Waals surface area contributed by atoms with E-state index in [9.17, 15) is 17.6 Å². The average molecular weight is 303 g/mol. The Bertz CT molecular complexity index is 523. The van der Waals surface area contributed by atoms with Crippen molar-refractivity contribution >= 4 is 5.69 Å². The normalized spacial score (nSPS) is 22.0. The lowest BCUT2D eigenvalue weighted by Crippen LogP contribution is -2.38. The van der Waals surface area contributed by atoms with Gasteiger partial charge in [0.15, 0.2) is 11.5 Å². The van der Waals surface area contributed by atoms with Crippen LogP contribution in [0.25, 0.3) is 0 Å². The molecule has 1 aromatic heterocycles. The van der Waals surface area contributed by atoms with Crippen LogP contribution < -0.4 is 10.2 Å². The molecule has 2 aliphatic heterocycles. The number of halogens is 4. The topological polar surface area (TPSA) is 28.2 Å². The molecule has 0 aromatic carbocycles. The van der Waals surface area contributed by atoms with Crippen molar-refractivity contribution in [1.82, 2.24) is 10.3 Å². The zero-order chi connectivity index (χ0) is 15.1. The molecule has 0 saturated carbocycles. The molecule has 3 rings (SSSR count). The third kappa shape index (κ3) is 2.84. The van der Waals surface area contributed by atoms with E-state index in [0.29, 0.717) is 5.69 Å².